The van der Waals surface area contributed by atoms with Gasteiger partial charge in [0.1, 0.15) is 5.82 Å². The number of unbranched alkanes of at least 4 members (excludes halogenated alkanes) is 1. The molecule has 4 rings (SSSR count). The standard InChI is InChI=1S/C28H31FN2O2/c1-4-6-11-30-28(33)21-10-9-19(12-17(21)3)22-14-23-20(5-2)24(27(32)13-18-7-8-18)16-31-26(23)15-25(22)29/h9-10,12,14-16,18H,4-8,11,13H2,1-3H3,(H,30,33). The average molecular weight is 447 g/mol. The van der Waals surface area contributed by atoms with E-state index in [4.69, 9.17) is 0 Å². The summed E-state index contributed by atoms with van der Waals surface area (Å²) >= 11 is 0. The van der Waals surface area contributed by atoms with Gasteiger partial charge in [0.25, 0.3) is 5.91 Å². The van der Waals surface area contributed by atoms with E-state index in [9.17, 15) is 9.59 Å². The Bertz CT molecular complexity index is 1210. The molecular weight excluding hydrogens is 415 g/mol. The summed E-state index contributed by atoms with van der Waals surface area (Å²) in [5.74, 6) is 0.155. The Morgan fingerprint density at radius 2 is 1.91 bits per heavy atom. The molecule has 172 valence electrons. The number of carbonyl (C=O) groups excluding carboxylic acids is 2. The molecule has 0 saturated heterocycles. The van der Waals surface area contributed by atoms with E-state index in [1.54, 1.807) is 24.4 Å². The minimum absolute atomic E-state index is 0.109. The maximum Gasteiger partial charge on any atom is 0.251 e. The van der Waals surface area contributed by atoms with Gasteiger partial charge in [-0.2, -0.15) is 0 Å². The van der Waals surface area contributed by atoms with Crippen LogP contribution in [0.1, 0.15) is 77.8 Å². The number of aryl methyl sites for hydroxylation is 2. The van der Waals surface area contributed by atoms with Gasteiger partial charge >= 0.3 is 0 Å². The smallest absolute Gasteiger partial charge is 0.251 e. The van der Waals surface area contributed by atoms with E-state index >= 15 is 4.39 Å². The lowest BCUT2D eigenvalue weighted by molar-refractivity contribution is 0.0950. The number of Topliss-reactive ketones (excluding diaryl/α,β-unsaturated/α-hetero) is 1. The summed E-state index contributed by atoms with van der Waals surface area (Å²) in [4.78, 5) is 29.7. The molecule has 1 saturated carbocycles. The minimum Gasteiger partial charge on any atom is -0.352 e. The summed E-state index contributed by atoms with van der Waals surface area (Å²) in [5.41, 5.74) is 4.68. The van der Waals surface area contributed by atoms with E-state index < -0.39 is 0 Å². The van der Waals surface area contributed by atoms with Crippen molar-refractivity contribution in [3.8, 4) is 11.1 Å². The topological polar surface area (TPSA) is 59.1 Å². The third-order valence-electron chi connectivity index (χ3n) is 6.49. The van der Waals surface area contributed by atoms with Crippen LogP contribution in [0.25, 0.3) is 22.0 Å². The van der Waals surface area contributed by atoms with E-state index in [2.05, 4.69) is 17.2 Å². The molecule has 0 radical (unpaired) electrons. The van der Waals surface area contributed by atoms with Crippen molar-refractivity contribution in [2.24, 2.45) is 5.92 Å². The Hall–Kier alpha value is -3.08. The summed E-state index contributed by atoms with van der Waals surface area (Å²) in [6, 6.07) is 8.64. The number of rotatable bonds is 9. The summed E-state index contributed by atoms with van der Waals surface area (Å²) in [7, 11) is 0. The monoisotopic (exact) mass is 446 g/mol. The number of amides is 1. The molecule has 1 heterocycles. The number of halogens is 1. The fourth-order valence-corrected chi connectivity index (χ4v) is 4.36. The molecule has 3 aromatic rings. The van der Waals surface area contributed by atoms with Crippen LogP contribution >= 0.6 is 0 Å². The number of carbonyl (C=O) groups is 2. The Morgan fingerprint density at radius 3 is 2.58 bits per heavy atom. The second-order valence-electron chi connectivity index (χ2n) is 9.06. The molecule has 4 nitrogen and oxygen atoms in total. The van der Waals surface area contributed by atoms with Gasteiger partial charge < -0.3 is 5.32 Å². The predicted molar refractivity (Wildman–Crippen MR) is 130 cm³/mol. The Kier molecular flexibility index (Phi) is 6.87. The molecule has 0 atom stereocenters. The third kappa shape index (κ3) is 4.97. The molecule has 0 bridgehead atoms. The molecule has 0 spiro atoms. The van der Waals surface area contributed by atoms with Crippen molar-refractivity contribution in [2.45, 2.75) is 59.3 Å². The number of hydrogen-bond acceptors (Lipinski definition) is 3. The van der Waals surface area contributed by atoms with E-state index in [0.717, 1.165) is 42.2 Å². The zero-order valence-electron chi connectivity index (χ0n) is 19.6. The van der Waals surface area contributed by atoms with Crippen LogP contribution in [0, 0.1) is 18.7 Å². The maximum absolute atomic E-state index is 15.1. The van der Waals surface area contributed by atoms with Gasteiger partial charge in [0, 0.05) is 47.3 Å². The molecule has 5 heteroatoms. The summed E-state index contributed by atoms with van der Waals surface area (Å²) in [6.45, 7) is 6.60. The number of hydrogen-bond donors (Lipinski definition) is 1. The molecule has 1 N–H and O–H groups in total. The molecule has 33 heavy (non-hydrogen) atoms. The highest BCUT2D eigenvalue weighted by Gasteiger charge is 2.26. The lowest BCUT2D eigenvalue weighted by atomic mass is 9.93. The zero-order valence-corrected chi connectivity index (χ0v) is 19.6. The number of nitrogens with one attached hydrogen (secondary N) is 1. The van der Waals surface area contributed by atoms with Crippen molar-refractivity contribution in [2.75, 3.05) is 6.54 Å². The fraction of sp³-hybridized carbons (Fsp3) is 0.393. The van der Waals surface area contributed by atoms with Gasteiger partial charge in [-0.25, -0.2) is 4.39 Å². The highest BCUT2D eigenvalue weighted by atomic mass is 19.1. The van der Waals surface area contributed by atoms with Gasteiger partial charge in [0.15, 0.2) is 5.78 Å². The number of benzene rings is 2. The van der Waals surface area contributed by atoms with Gasteiger partial charge in [0.2, 0.25) is 0 Å². The van der Waals surface area contributed by atoms with Crippen LogP contribution in [-0.4, -0.2) is 23.2 Å². The lowest BCUT2D eigenvalue weighted by Crippen LogP contribution is -2.25. The predicted octanol–water partition coefficient (Wildman–Crippen LogP) is 6.42. The molecule has 1 amide bonds. The lowest BCUT2D eigenvalue weighted by Gasteiger charge is -2.14. The van der Waals surface area contributed by atoms with Gasteiger partial charge in [-0.1, -0.05) is 32.4 Å². The Balaban J connectivity index is 1.71. The van der Waals surface area contributed by atoms with E-state index in [1.807, 2.05) is 19.9 Å². The molecule has 2 aromatic carbocycles. The fourth-order valence-electron chi connectivity index (χ4n) is 4.36. The molecule has 1 aliphatic rings. The van der Waals surface area contributed by atoms with E-state index in [0.29, 0.717) is 53.1 Å². The van der Waals surface area contributed by atoms with Crippen LogP contribution in [0.3, 0.4) is 0 Å². The highest BCUT2D eigenvalue weighted by molar-refractivity contribution is 6.02. The van der Waals surface area contributed by atoms with Crippen molar-refractivity contribution in [1.82, 2.24) is 10.3 Å². The van der Waals surface area contributed by atoms with Crippen molar-refractivity contribution in [3.63, 3.8) is 0 Å². The van der Waals surface area contributed by atoms with Gasteiger partial charge in [-0.3, -0.25) is 14.6 Å². The number of nitrogens with zero attached hydrogens (tertiary/aromatic N) is 1. The number of pyridine rings is 1. The van der Waals surface area contributed by atoms with Crippen LogP contribution in [0.5, 0.6) is 0 Å². The van der Waals surface area contributed by atoms with Crippen LogP contribution < -0.4 is 5.32 Å². The second-order valence-corrected chi connectivity index (χ2v) is 9.06. The zero-order chi connectivity index (χ0) is 23.5. The quantitative estimate of drug-likeness (QED) is 0.305. The van der Waals surface area contributed by atoms with Crippen LogP contribution in [-0.2, 0) is 6.42 Å². The molecule has 1 fully saturated rings. The summed E-state index contributed by atoms with van der Waals surface area (Å²) in [6.07, 6.45) is 7.04. The largest absolute Gasteiger partial charge is 0.352 e. The third-order valence-corrected chi connectivity index (χ3v) is 6.49. The van der Waals surface area contributed by atoms with E-state index in [-0.39, 0.29) is 17.5 Å². The first-order valence-electron chi connectivity index (χ1n) is 12.0. The van der Waals surface area contributed by atoms with Crippen LogP contribution in [0.2, 0.25) is 0 Å². The highest BCUT2D eigenvalue weighted by Crippen LogP contribution is 2.35. The van der Waals surface area contributed by atoms with Gasteiger partial charge in [-0.15, -0.1) is 0 Å². The van der Waals surface area contributed by atoms with Crippen molar-refractivity contribution >= 4 is 22.6 Å². The minimum atomic E-state index is -0.367. The maximum atomic E-state index is 15.1. The molecule has 1 aromatic heterocycles. The average Bonchev–Trinajstić information content (AvgIpc) is 3.61. The first-order chi connectivity index (χ1) is 15.9. The Labute approximate surface area is 194 Å². The number of fused-ring (bicyclic) bond motifs is 1. The Morgan fingerprint density at radius 1 is 1.12 bits per heavy atom. The first-order valence-corrected chi connectivity index (χ1v) is 12.0. The SMILES string of the molecule is CCCCNC(=O)c1ccc(-c2cc3c(CC)c(C(=O)CC4CC4)cnc3cc2F)cc1C. The van der Waals surface area contributed by atoms with Gasteiger partial charge in [0.05, 0.1) is 5.52 Å². The first kappa shape index (κ1) is 23.1. The molecule has 0 aliphatic heterocycles. The van der Waals surface area contributed by atoms with Crippen molar-refractivity contribution < 1.29 is 14.0 Å². The molecule has 0 unspecified atom stereocenters. The van der Waals surface area contributed by atoms with E-state index in [1.165, 1.54) is 6.07 Å². The van der Waals surface area contributed by atoms with Gasteiger partial charge in [-0.05, 0) is 67.3 Å². The van der Waals surface area contributed by atoms with Crippen LogP contribution in [0.15, 0.2) is 36.5 Å². The molecule has 1 aliphatic carbocycles. The number of ketones is 1. The molecular formula is C28H31FN2O2. The summed E-state index contributed by atoms with van der Waals surface area (Å²) < 4.78 is 15.1. The van der Waals surface area contributed by atoms with Crippen molar-refractivity contribution in [1.29, 1.82) is 0 Å². The number of aromatic nitrogens is 1. The normalized spacial score (nSPS) is 13.3. The van der Waals surface area contributed by atoms with Crippen LogP contribution in [0.4, 0.5) is 4.39 Å². The summed E-state index contributed by atoms with van der Waals surface area (Å²) in [5, 5.41) is 3.75. The second kappa shape index (κ2) is 9.82. The van der Waals surface area contributed by atoms with Crippen molar-refractivity contribution in [3.05, 3.63) is 64.6 Å².